The van der Waals surface area contributed by atoms with Gasteiger partial charge in [-0.25, -0.2) is 0 Å². The predicted octanol–water partition coefficient (Wildman–Crippen LogP) is 3.90. The van der Waals surface area contributed by atoms with Gasteiger partial charge in [-0.1, -0.05) is 32.0 Å². The van der Waals surface area contributed by atoms with Crippen molar-refractivity contribution < 1.29 is 0 Å². The molecule has 0 aliphatic heterocycles. The molecule has 3 nitrogen and oxygen atoms in total. The first kappa shape index (κ1) is 12.7. The first-order valence-corrected chi connectivity index (χ1v) is 6.37. The molecule has 0 saturated heterocycles. The lowest BCUT2D eigenvalue weighted by molar-refractivity contribution is 0.731. The number of anilines is 2. The van der Waals surface area contributed by atoms with Gasteiger partial charge in [0.2, 0.25) is 0 Å². The first-order chi connectivity index (χ1) is 8.50. The van der Waals surface area contributed by atoms with Crippen LogP contribution in [0.25, 0.3) is 0 Å². The molecule has 0 amide bonds. The summed E-state index contributed by atoms with van der Waals surface area (Å²) in [6, 6.07) is 8.45. The molecule has 2 rings (SSSR count). The Kier molecular flexibility index (Phi) is 3.41. The van der Waals surface area contributed by atoms with Crippen LogP contribution in [0.15, 0.2) is 24.3 Å². The fraction of sp³-hybridized carbons (Fsp3) is 0.400. The van der Waals surface area contributed by atoms with Crippen LogP contribution in [0.2, 0.25) is 0 Å². The standard InChI is InChI=1S/C15H21N3/c1-10(2)13-8-6-7-9-14(13)16-15-11(3)17-18(5)12(15)4/h6-10,16H,1-5H3. The number of benzene rings is 1. The number of para-hydroxylation sites is 1. The molecule has 96 valence electrons. The van der Waals surface area contributed by atoms with E-state index in [1.54, 1.807) is 0 Å². The highest BCUT2D eigenvalue weighted by molar-refractivity contribution is 5.67. The third-order valence-corrected chi connectivity index (χ3v) is 3.35. The highest BCUT2D eigenvalue weighted by atomic mass is 15.3. The highest BCUT2D eigenvalue weighted by Gasteiger charge is 2.12. The van der Waals surface area contributed by atoms with Gasteiger partial charge in [-0.15, -0.1) is 0 Å². The fourth-order valence-corrected chi connectivity index (χ4v) is 2.20. The van der Waals surface area contributed by atoms with Crippen molar-refractivity contribution in [1.29, 1.82) is 0 Å². The van der Waals surface area contributed by atoms with Crippen molar-refractivity contribution in [2.24, 2.45) is 7.05 Å². The number of hydrogen-bond acceptors (Lipinski definition) is 2. The maximum absolute atomic E-state index is 4.44. The SMILES string of the molecule is Cc1nn(C)c(C)c1Nc1ccccc1C(C)C. The van der Waals surface area contributed by atoms with Crippen LogP contribution in [0.1, 0.15) is 36.7 Å². The zero-order chi connectivity index (χ0) is 13.3. The van der Waals surface area contributed by atoms with E-state index in [1.807, 2.05) is 18.7 Å². The smallest absolute Gasteiger partial charge is 0.0831 e. The van der Waals surface area contributed by atoms with E-state index in [2.05, 4.69) is 55.5 Å². The van der Waals surface area contributed by atoms with Crippen molar-refractivity contribution in [3.05, 3.63) is 41.2 Å². The Labute approximate surface area is 109 Å². The molecule has 0 fully saturated rings. The zero-order valence-electron chi connectivity index (χ0n) is 11.8. The maximum Gasteiger partial charge on any atom is 0.0831 e. The number of rotatable bonds is 3. The number of hydrogen-bond donors (Lipinski definition) is 1. The van der Waals surface area contributed by atoms with Crippen molar-refractivity contribution in [1.82, 2.24) is 9.78 Å². The first-order valence-electron chi connectivity index (χ1n) is 6.37. The molecule has 0 bridgehead atoms. The van der Waals surface area contributed by atoms with Crippen LogP contribution in [-0.2, 0) is 7.05 Å². The van der Waals surface area contributed by atoms with E-state index < -0.39 is 0 Å². The summed E-state index contributed by atoms with van der Waals surface area (Å²) in [6.45, 7) is 8.54. The molecule has 0 saturated carbocycles. The van der Waals surface area contributed by atoms with Gasteiger partial charge in [0, 0.05) is 12.7 Å². The Morgan fingerprint density at radius 3 is 2.39 bits per heavy atom. The van der Waals surface area contributed by atoms with Gasteiger partial charge in [-0.2, -0.15) is 5.10 Å². The van der Waals surface area contributed by atoms with Crippen molar-refractivity contribution >= 4 is 11.4 Å². The van der Waals surface area contributed by atoms with Gasteiger partial charge < -0.3 is 5.32 Å². The summed E-state index contributed by atoms with van der Waals surface area (Å²) in [6.07, 6.45) is 0. The summed E-state index contributed by atoms with van der Waals surface area (Å²) in [4.78, 5) is 0. The molecule has 0 unspecified atom stereocenters. The maximum atomic E-state index is 4.44. The molecule has 18 heavy (non-hydrogen) atoms. The number of nitrogens with zero attached hydrogens (tertiary/aromatic N) is 2. The minimum atomic E-state index is 0.506. The van der Waals surface area contributed by atoms with Crippen LogP contribution >= 0.6 is 0 Å². The van der Waals surface area contributed by atoms with E-state index in [4.69, 9.17) is 0 Å². The summed E-state index contributed by atoms with van der Waals surface area (Å²) in [5.74, 6) is 0.506. The number of aromatic nitrogens is 2. The molecular weight excluding hydrogens is 222 g/mol. The van der Waals surface area contributed by atoms with E-state index in [-0.39, 0.29) is 0 Å². The molecule has 0 atom stereocenters. The number of aryl methyl sites for hydroxylation is 2. The summed E-state index contributed by atoms with van der Waals surface area (Å²) in [5, 5.41) is 7.96. The Morgan fingerprint density at radius 1 is 1.17 bits per heavy atom. The van der Waals surface area contributed by atoms with Crippen LogP contribution in [0.5, 0.6) is 0 Å². The fourth-order valence-electron chi connectivity index (χ4n) is 2.20. The average Bonchev–Trinajstić information content (AvgIpc) is 2.56. The van der Waals surface area contributed by atoms with E-state index in [9.17, 15) is 0 Å². The Hall–Kier alpha value is -1.77. The van der Waals surface area contributed by atoms with Gasteiger partial charge in [-0.3, -0.25) is 4.68 Å². The minimum Gasteiger partial charge on any atom is -0.352 e. The highest BCUT2D eigenvalue weighted by Crippen LogP contribution is 2.29. The van der Waals surface area contributed by atoms with E-state index in [1.165, 1.54) is 11.3 Å². The van der Waals surface area contributed by atoms with Gasteiger partial charge in [0.25, 0.3) is 0 Å². The van der Waals surface area contributed by atoms with E-state index in [0.29, 0.717) is 5.92 Å². The Morgan fingerprint density at radius 2 is 1.83 bits per heavy atom. The quantitative estimate of drug-likeness (QED) is 0.886. The van der Waals surface area contributed by atoms with Crippen molar-refractivity contribution in [2.75, 3.05) is 5.32 Å². The van der Waals surface area contributed by atoms with Gasteiger partial charge in [0.15, 0.2) is 0 Å². The van der Waals surface area contributed by atoms with Gasteiger partial charge in [0.05, 0.1) is 17.1 Å². The summed E-state index contributed by atoms with van der Waals surface area (Å²) in [5.41, 5.74) is 5.82. The molecule has 2 aromatic rings. The van der Waals surface area contributed by atoms with Gasteiger partial charge in [0.1, 0.15) is 0 Å². The molecule has 0 aliphatic carbocycles. The lowest BCUT2D eigenvalue weighted by Gasteiger charge is -2.14. The molecule has 0 aliphatic rings. The lowest BCUT2D eigenvalue weighted by Crippen LogP contribution is -1.99. The molecule has 1 N–H and O–H groups in total. The summed E-state index contributed by atoms with van der Waals surface area (Å²) < 4.78 is 1.91. The largest absolute Gasteiger partial charge is 0.352 e. The van der Waals surface area contributed by atoms with Crippen LogP contribution in [0, 0.1) is 13.8 Å². The third kappa shape index (κ3) is 2.26. The molecule has 3 heteroatoms. The molecule has 1 aromatic carbocycles. The van der Waals surface area contributed by atoms with Crippen molar-refractivity contribution in [3.63, 3.8) is 0 Å². The van der Waals surface area contributed by atoms with Crippen LogP contribution in [0.4, 0.5) is 11.4 Å². The zero-order valence-corrected chi connectivity index (χ0v) is 11.8. The average molecular weight is 243 g/mol. The van der Waals surface area contributed by atoms with Gasteiger partial charge >= 0.3 is 0 Å². The van der Waals surface area contributed by atoms with E-state index in [0.717, 1.165) is 17.1 Å². The second kappa shape index (κ2) is 4.84. The monoisotopic (exact) mass is 243 g/mol. The number of nitrogens with one attached hydrogen (secondary N) is 1. The lowest BCUT2D eigenvalue weighted by atomic mass is 10.0. The molecular formula is C15H21N3. The van der Waals surface area contributed by atoms with Crippen LogP contribution in [-0.4, -0.2) is 9.78 Å². The Bertz CT molecular complexity index is 553. The van der Waals surface area contributed by atoms with E-state index >= 15 is 0 Å². The minimum absolute atomic E-state index is 0.506. The summed E-state index contributed by atoms with van der Waals surface area (Å²) >= 11 is 0. The molecule has 0 radical (unpaired) electrons. The van der Waals surface area contributed by atoms with Gasteiger partial charge in [-0.05, 0) is 31.4 Å². The molecule has 1 heterocycles. The second-order valence-corrected chi connectivity index (χ2v) is 5.04. The summed E-state index contributed by atoms with van der Waals surface area (Å²) in [7, 11) is 1.97. The predicted molar refractivity (Wildman–Crippen MR) is 76.5 cm³/mol. The van der Waals surface area contributed by atoms with Crippen LogP contribution < -0.4 is 5.32 Å². The normalized spacial score (nSPS) is 11.0. The van der Waals surface area contributed by atoms with Crippen molar-refractivity contribution in [3.8, 4) is 0 Å². The second-order valence-electron chi connectivity index (χ2n) is 5.04. The molecule has 1 aromatic heterocycles. The Balaban J connectivity index is 2.40. The molecule has 0 spiro atoms. The third-order valence-electron chi connectivity index (χ3n) is 3.35. The topological polar surface area (TPSA) is 29.9 Å². The van der Waals surface area contributed by atoms with Crippen molar-refractivity contribution in [2.45, 2.75) is 33.6 Å². The van der Waals surface area contributed by atoms with Crippen LogP contribution in [0.3, 0.4) is 0 Å².